The molecule has 20 heavy (non-hydrogen) atoms. The van der Waals surface area contributed by atoms with Gasteiger partial charge in [0.2, 0.25) is 0 Å². The van der Waals surface area contributed by atoms with Crippen LogP contribution in [0, 0.1) is 11.7 Å². The van der Waals surface area contributed by atoms with Gasteiger partial charge in [0.25, 0.3) is 0 Å². The molecular formula is C16H23FN2S. The van der Waals surface area contributed by atoms with Crippen LogP contribution in [0.4, 0.5) is 4.39 Å². The molecule has 1 aromatic carbocycles. The van der Waals surface area contributed by atoms with Crippen molar-refractivity contribution in [3.8, 4) is 0 Å². The molecule has 0 bridgehead atoms. The largest absolute Gasteiger partial charge is 0.389 e. The lowest BCUT2D eigenvalue weighted by Gasteiger charge is -2.27. The highest BCUT2D eigenvalue weighted by atomic mass is 32.1. The molecule has 0 aliphatic heterocycles. The van der Waals surface area contributed by atoms with Crippen LogP contribution in [0.15, 0.2) is 18.2 Å². The normalized spacial score (nSPS) is 16.6. The molecule has 110 valence electrons. The second kappa shape index (κ2) is 7.14. The first-order valence-corrected chi connectivity index (χ1v) is 7.74. The number of nitrogens with two attached hydrogens (primary N) is 1. The van der Waals surface area contributed by atoms with Gasteiger partial charge in [-0.15, -0.1) is 0 Å². The lowest BCUT2D eigenvalue weighted by Crippen LogP contribution is -2.27. The summed E-state index contributed by atoms with van der Waals surface area (Å²) in [6.45, 7) is 1.92. The Kier molecular flexibility index (Phi) is 5.49. The quantitative estimate of drug-likeness (QED) is 0.843. The molecular weight excluding hydrogens is 271 g/mol. The van der Waals surface area contributed by atoms with Crippen LogP contribution in [-0.4, -0.2) is 23.5 Å². The number of hydrogen-bond acceptors (Lipinski definition) is 2. The smallest absolute Gasteiger partial charge is 0.133 e. The molecule has 1 fully saturated rings. The summed E-state index contributed by atoms with van der Waals surface area (Å²) in [6.07, 6.45) is 6.79. The van der Waals surface area contributed by atoms with Gasteiger partial charge in [-0.2, -0.15) is 0 Å². The zero-order valence-electron chi connectivity index (χ0n) is 12.1. The van der Waals surface area contributed by atoms with E-state index in [1.54, 1.807) is 6.07 Å². The van der Waals surface area contributed by atoms with Crippen molar-refractivity contribution in [1.29, 1.82) is 0 Å². The minimum absolute atomic E-state index is 0.124. The Morgan fingerprint density at radius 1 is 1.35 bits per heavy atom. The average Bonchev–Trinajstić information content (AvgIpc) is 2.41. The standard InChI is InChI=1S/C16H23FN2S/c1-19(10-12-5-3-2-4-6-12)11-13-7-8-15(17)14(9-13)16(18)20/h7-9,12H,2-6,10-11H2,1H3,(H2,18,20). The van der Waals surface area contributed by atoms with Crippen LogP contribution in [0.5, 0.6) is 0 Å². The summed E-state index contributed by atoms with van der Waals surface area (Å²) in [6, 6.07) is 5.04. The summed E-state index contributed by atoms with van der Waals surface area (Å²) in [5.41, 5.74) is 6.95. The van der Waals surface area contributed by atoms with Gasteiger partial charge in [-0.1, -0.05) is 37.5 Å². The molecule has 1 aromatic rings. The van der Waals surface area contributed by atoms with Gasteiger partial charge >= 0.3 is 0 Å². The Labute approximate surface area is 126 Å². The van der Waals surface area contributed by atoms with Crippen LogP contribution in [0.1, 0.15) is 43.2 Å². The van der Waals surface area contributed by atoms with Crippen molar-refractivity contribution >= 4 is 17.2 Å². The molecule has 0 amide bonds. The van der Waals surface area contributed by atoms with Gasteiger partial charge < -0.3 is 10.6 Å². The number of rotatable bonds is 5. The molecule has 2 rings (SSSR count). The van der Waals surface area contributed by atoms with E-state index in [-0.39, 0.29) is 10.8 Å². The summed E-state index contributed by atoms with van der Waals surface area (Å²) < 4.78 is 13.5. The van der Waals surface area contributed by atoms with E-state index in [2.05, 4.69) is 11.9 Å². The van der Waals surface area contributed by atoms with Crippen LogP contribution in [0.3, 0.4) is 0 Å². The Balaban J connectivity index is 1.95. The molecule has 0 aromatic heterocycles. The topological polar surface area (TPSA) is 29.3 Å². The zero-order chi connectivity index (χ0) is 14.5. The summed E-state index contributed by atoms with van der Waals surface area (Å²) in [5, 5.41) is 0. The third kappa shape index (κ3) is 4.25. The molecule has 0 heterocycles. The second-order valence-electron chi connectivity index (χ2n) is 5.88. The van der Waals surface area contributed by atoms with Gasteiger partial charge in [0, 0.05) is 18.7 Å². The lowest BCUT2D eigenvalue weighted by atomic mass is 9.89. The van der Waals surface area contributed by atoms with Gasteiger partial charge in [0.15, 0.2) is 0 Å². The van der Waals surface area contributed by atoms with Crippen molar-refractivity contribution in [2.45, 2.75) is 38.6 Å². The fourth-order valence-corrected chi connectivity index (χ4v) is 3.20. The van der Waals surface area contributed by atoms with Crippen LogP contribution in [-0.2, 0) is 6.54 Å². The van der Waals surface area contributed by atoms with Crippen molar-refractivity contribution in [2.75, 3.05) is 13.6 Å². The molecule has 2 nitrogen and oxygen atoms in total. The number of benzene rings is 1. The number of thiocarbonyl (C=S) groups is 1. The van der Waals surface area contributed by atoms with Crippen molar-refractivity contribution < 1.29 is 4.39 Å². The van der Waals surface area contributed by atoms with E-state index in [4.69, 9.17) is 18.0 Å². The van der Waals surface area contributed by atoms with E-state index >= 15 is 0 Å². The van der Waals surface area contributed by atoms with Gasteiger partial charge in [-0.05, 0) is 43.5 Å². The summed E-state index contributed by atoms with van der Waals surface area (Å²) in [4.78, 5) is 2.44. The van der Waals surface area contributed by atoms with E-state index in [1.165, 1.54) is 38.2 Å². The van der Waals surface area contributed by atoms with Crippen molar-refractivity contribution in [3.63, 3.8) is 0 Å². The van der Waals surface area contributed by atoms with Crippen LogP contribution >= 0.6 is 12.2 Å². The SMILES string of the molecule is CN(Cc1ccc(F)c(C(N)=S)c1)CC1CCCCC1. The minimum atomic E-state index is -0.337. The molecule has 0 radical (unpaired) electrons. The van der Waals surface area contributed by atoms with Gasteiger partial charge in [0.1, 0.15) is 10.8 Å². The summed E-state index contributed by atoms with van der Waals surface area (Å²) in [5.74, 6) is 0.473. The highest BCUT2D eigenvalue weighted by Crippen LogP contribution is 2.24. The third-order valence-corrected chi connectivity index (χ3v) is 4.26. The fraction of sp³-hybridized carbons (Fsp3) is 0.562. The van der Waals surface area contributed by atoms with Gasteiger partial charge in [0.05, 0.1) is 0 Å². The Bertz CT molecular complexity index is 470. The highest BCUT2D eigenvalue weighted by Gasteiger charge is 2.15. The molecule has 0 spiro atoms. The third-order valence-electron chi connectivity index (χ3n) is 4.04. The molecule has 0 saturated heterocycles. The minimum Gasteiger partial charge on any atom is -0.389 e. The Morgan fingerprint density at radius 3 is 2.70 bits per heavy atom. The van der Waals surface area contributed by atoms with E-state index in [9.17, 15) is 4.39 Å². The number of nitrogens with zero attached hydrogens (tertiary/aromatic N) is 1. The van der Waals surface area contributed by atoms with E-state index < -0.39 is 0 Å². The summed E-state index contributed by atoms with van der Waals surface area (Å²) >= 11 is 4.88. The second-order valence-corrected chi connectivity index (χ2v) is 6.32. The molecule has 1 aliphatic rings. The zero-order valence-corrected chi connectivity index (χ0v) is 12.9. The van der Waals surface area contributed by atoms with Crippen LogP contribution in [0.2, 0.25) is 0 Å². The average molecular weight is 294 g/mol. The van der Waals surface area contributed by atoms with E-state index in [0.29, 0.717) is 5.56 Å². The van der Waals surface area contributed by atoms with Crippen LogP contribution < -0.4 is 5.73 Å². The maximum Gasteiger partial charge on any atom is 0.133 e. The van der Waals surface area contributed by atoms with Gasteiger partial charge in [-0.25, -0.2) is 4.39 Å². The van der Waals surface area contributed by atoms with Crippen molar-refractivity contribution in [2.24, 2.45) is 11.7 Å². The predicted molar refractivity (Wildman–Crippen MR) is 85.2 cm³/mol. The molecule has 2 N–H and O–H groups in total. The first-order chi connectivity index (χ1) is 9.56. The molecule has 1 saturated carbocycles. The molecule has 0 unspecified atom stereocenters. The lowest BCUT2D eigenvalue weighted by molar-refractivity contribution is 0.228. The maximum absolute atomic E-state index is 13.5. The Morgan fingerprint density at radius 2 is 2.05 bits per heavy atom. The van der Waals surface area contributed by atoms with Gasteiger partial charge in [-0.3, -0.25) is 0 Å². The van der Waals surface area contributed by atoms with E-state index in [1.807, 2.05) is 6.07 Å². The van der Waals surface area contributed by atoms with Crippen molar-refractivity contribution in [1.82, 2.24) is 4.90 Å². The monoisotopic (exact) mass is 294 g/mol. The maximum atomic E-state index is 13.5. The predicted octanol–water partition coefficient (Wildman–Crippen LogP) is 3.47. The number of halogens is 1. The Hall–Kier alpha value is -1.00. The number of hydrogen-bond donors (Lipinski definition) is 1. The summed E-state index contributed by atoms with van der Waals surface area (Å²) in [7, 11) is 2.12. The fourth-order valence-electron chi connectivity index (χ4n) is 3.05. The van der Waals surface area contributed by atoms with Crippen molar-refractivity contribution in [3.05, 3.63) is 35.1 Å². The molecule has 1 aliphatic carbocycles. The first kappa shape index (κ1) is 15.4. The molecule has 4 heteroatoms. The first-order valence-electron chi connectivity index (χ1n) is 7.33. The van der Waals surface area contributed by atoms with Crippen LogP contribution in [0.25, 0.3) is 0 Å². The highest BCUT2D eigenvalue weighted by molar-refractivity contribution is 7.80. The van der Waals surface area contributed by atoms with E-state index in [0.717, 1.165) is 24.6 Å². The molecule has 0 atom stereocenters.